The fourth-order valence-corrected chi connectivity index (χ4v) is 3.59. The van der Waals surface area contributed by atoms with Crippen molar-refractivity contribution in [2.24, 2.45) is 0 Å². The number of rotatable bonds is 3. The smallest absolute Gasteiger partial charge is 0.124 e. The molecule has 4 heteroatoms. The van der Waals surface area contributed by atoms with Gasteiger partial charge in [-0.3, -0.25) is 0 Å². The molecule has 100 valence electrons. The van der Waals surface area contributed by atoms with E-state index in [9.17, 15) is 0 Å². The summed E-state index contributed by atoms with van der Waals surface area (Å²) in [5.41, 5.74) is 2.61. The van der Waals surface area contributed by atoms with Gasteiger partial charge in [0.1, 0.15) is 5.75 Å². The lowest BCUT2D eigenvalue weighted by Gasteiger charge is -2.29. The highest BCUT2D eigenvalue weighted by Crippen LogP contribution is 2.35. The average Bonchev–Trinajstić information content (AvgIpc) is 2.93. The Bertz CT molecular complexity index is 555. The summed E-state index contributed by atoms with van der Waals surface area (Å²) in [6.07, 6.45) is 1.01. The molecule has 1 N–H and O–H groups in total. The summed E-state index contributed by atoms with van der Waals surface area (Å²) in [6, 6.07) is 9.14. The van der Waals surface area contributed by atoms with E-state index >= 15 is 0 Å². The van der Waals surface area contributed by atoms with Gasteiger partial charge in [0.05, 0.1) is 6.61 Å². The van der Waals surface area contributed by atoms with Crippen LogP contribution in [0.15, 0.2) is 39.5 Å². The summed E-state index contributed by atoms with van der Waals surface area (Å²) in [5, 5.41) is 8.04. The van der Waals surface area contributed by atoms with Crippen molar-refractivity contribution in [3.63, 3.8) is 0 Å². The van der Waals surface area contributed by atoms with Crippen molar-refractivity contribution < 1.29 is 4.74 Å². The lowest BCUT2D eigenvalue weighted by atomic mass is 9.99. The normalized spacial score (nSPS) is 19.6. The highest BCUT2D eigenvalue weighted by molar-refractivity contribution is 9.10. The molecule has 2 atom stereocenters. The average molecular weight is 338 g/mol. The summed E-state index contributed by atoms with van der Waals surface area (Å²) >= 11 is 5.29. The SMILES string of the molecule is CC(NC1CCOc2ccc(Br)cc21)c1ccsc1. The highest BCUT2D eigenvalue weighted by atomic mass is 79.9. The Kier molecular flexibility index (Phi) is 3.91. The zero-order valence-electron chi connectivity index (χ0n) is 10.7. The maximum Gasteiger partial charge on any atom is 0.124 e. The topological polar surface area (TPSA) is 21.3 Å². The van der Waals surface area contributed by atoms with Gasteiger partial charge in [-0.2, -0.15) is 11.3 Å². The zero-order chi connectivity index (χ0) is 13.2. The van der Waals surface area contributed by atoms with Crippen LogP contribution in [0.3, 0.4) is 0 Å². The first-order valence-electron chi connectivity index (χ1n) is 6.44. The number of ether oxygens (including phenoxy) is 1. The van der Waals surface area contributed by atoms with Crippen LogP contribution in [0, 0.1) is 0 Å². The van der Waals surface area contributed by atoms with Crippen molar-refractivity contribution in [1.82, 2.24) is 5.32 Å². The molecule has 1 aliphatic rings. The predicted molar refractivity (Wildman–Crippen MR) is 82.9 cm³/mol. The molecule has 19 heavy (non-hydrogen) atoms. The lowest BCUT2D eigenvalue weighted by Crippen LogP contribution is -2.29. The molecule has 1 aromatic carbocycles. The molecule has 3 rings (SSSR count). The van der Waals surface area contributed by atoms with Crippen molar-refractivity contribution in [3.05, 3.63) is 50.6 Å². The van der Waals surface area contributed by atoms with E-state index in [1.807, 2.05) is 12.1 Å². The molecule has 0 spiro atoms. The van der Waals surface area contributed by atoms with Crippen LogP contribution in [0.2, 0.25) is 0 Å². The zero-order valence-corrected chi connectivity index (χ0v) is 13.1. The number of hydrogen-bond acceptors (Lipinski definition) is 3. The van der Waals surface area contributed by atoms with Gasteiger partial charge in [0, 0.05) is 28.5 Å². The molecule has 2 aromatic rings. The van der Waals surface area contributed by atoms with E-state index in [4.69, 9.17) is 4.74 Å². The molecule has 1 aromatic heterocycles. The Morgan fingerprint density at radius 3 is 3.11 bits per heavy atom. The van der Waals surface area contributed by atoms with Crippen LogP contribution in [0.1, 0.15) is 36.6 Å². The van der Waals surface area contributed by atoms with Gasteiger partial charge in [-0.05, 0) is 47.5 Å². The molecule has 0 saturated carbocycles. The molecule has 0 amide bonds. The lowest BCUT2D eigenvalue weighted by molar-refractivity contribution is 0.246. The Labute approximate surface area is 125 Å². The van der Waals surface area contributed by atoms with Crippen LogP contribution in [0.25, 0.3) is 0 Å². The molecule has 0 aliphatic carbocycles. The molecular formula is C15H16BrNOS. The second-order valence-corrected chi connectivity index (χ2v) is 6.51. The first kappa shape index (κ1) is 13.2. The summed E-state index contributed by atoms with van der Waals surface area (Å²) < 4.78 is 6.83. The van der Waals surface area contributed by atoms with Crippen LogP contribution in [0.5, 0.6) is 5.75 Å². The number of fused-ring (bicyclic) bond motifs is 1. The monoisotopic (exact) mass is 337 g/mol. The number of halogens is 1. The second-order valence-electron chi connectivity index (χ2n) is 4.82. The number of benzene rings is 1. The van der Waals surface area contributed by atoms with Gasteiger partial charge in [-0.25, -0.2) is 0 Å². The summed E-state index contributed by atoms with van der Waals surface area (Å²) in [7, 11) is 0. The molecule has 0 bridgehead atoms. The highest BCUT2D eigenvalue weighted by Gasteiger charge is 2.23. The maximum absolute atomic E-state index is 5.72. The molecule has 0 fully saturated rings. The third-order valence-electron chi connectivity index (χ3n) is 3.51. The van der Waals surface area contributed by atoms with E-state index < -0.39 is 0 Å². The quantitative estimate of drug-likeness (QED) is 0.877. The van der Waals surface area contributed by atoms with Crippen LogP contribution in [-0.4, -0.2) is 6.61 Å². The van der Waals surface area contributed by atoms with Gasteiger partial charge in [-0.1, -0.05) is 15.9 Å². The Morgan fingerprint density at radius 2 is 2.32 bits per heavy atom. The third kappa shape index (κ3) is 2.86. The van der Waals surface area contributed by atoms with Crippen molar-refractivity contribution in [2.45, 2.75) is 25.4 Å². The minimum Gasteiger partial charge on any atom is -0.493 e. The van der Waals surface area contributed by atoms with Gasteiger partial charge < -0.3 is 10.1 Å². The third-order valence-corrected chi connectivity index (χ3v) is 4.70. The van der Waals surface area contributed by atoms with Crippen molar-refractivity contribution in [1.29, 1.82) is 0 Å². The molecular weight excluding hydrogens is 322 g/mol. The van der Waals surface area contributed by atoms with Crippen LogP contribution < -0.4 is 10.1 Å². The van der Waals surface area contributed by atoms with E-state index in [1.54, 1.807) is 11.3 Å². The Balaban J connectivity index is 1.81. The van der Waals surface area contributed by atoms with Crippen molar-refractivity contribution >= 4 is 27.3 Å². The van der Waals surface area contributed by atoms with Gasteiger partial charge in [0.15, 0.2) is 0 Å². The van der Waals surface area contributed by atoms with E-state index in [1.165, 1.54) is 11.1 Å². The van der Waals surface area contributed by atoms with Crippen LogP contribution >= 0.6 is 27.3 Å². The van der Waals surface area contributed by atoms with Gasteiger partial charge in [-0.15, -0.1) is 0 Å². The maximum atomic E-state index is 5.72. The minimum absolute atomic E-state index is 0.358. The predicted octanol–water partition coefficient (Wildman–Crippen LogP) is 4.69. The Hall–Kier alpha value is -0.840. The number of hydrogen-bond donors (Lipinski definition) is 1. The first-order chi connectivity index (χ1) is 9.24. The van der Waals surface area contributed by atoms with Gasteiger partial charge in [0.25, 0.3) is 0 Å². The number of thiophene rings is 1. The minimum atomic E-state index is 0.358. The van der Waals surface area contributed by atoms with Crippen molar-refractivity contribution in [3.8, 4) is 5.75 Å². The van der Waals surface area contributed by atoms with E-state index in [0.717, 1.165) is 23.2 Å². The molecule has 2 unspecified atom stereocenters. The van der Waals surface area contributed by atoms with Gasteiger partial charge in [0.2, 0.25) is 0 Å². The molecule has 1 aliphatic heterocycles. The van der Waals surface area contributed by atoms with Crippen molar-refractivity contribution in [2.75, 3.05) is 6.61 Å². The molecule has 2 heterocycles. The van der Waals surface area contributed by atoms with E-state index in [0.29, 0.717) is 12.1 Å². The summed E-state index contributed by atoms with van der Waals surface area (Å²) in [4.78, 5) is 0. The molecule has 0 saturated heterocycles. The first-order valence-corrected chi connectivity index (χ1v) is 8.18. The second kappa shape index (κ2) is 5.65. The van der Waals surface area contributed by atoms with E-state index in [-0.39, 0.29) is 0 Å². The standard InChI is InChI=1S/C15H16BrNOS/c1-10(11-5-7-19-9-11)17-14-4-6-18-15-3-2-12(16)8-13(14)15/h2-3,5,7-10,14,17H,4,6H2,1H3. The molecule has 0 radical (unpaired) electrons. The fourth-order valence-electron chi connectivity index (χ4n) is 2.46. The van der Waals surface area contributed by atoms with Crippen LogP contribution in [0.4, 0.5) is 0 Å². The van der Waals surface area contributed by atoms with Crippen LogP contribution in [-0.2, 0) is 0 Å². The summed E-state index contributed by atoms with van der Waals surface area (Å²) in [6.45, 7) is 3.00. The largest absolute Gasteiger partial charge is 0.493 e. The summed E-state index contributed by atoms with van der Waals surface area (Å²) in [5.74, 6) is 1.00. The molecule has 2 nitrogen and oxygen atoms in total. The number of nitrogens with one attached hydrogen (secondary N) is 1. The van der Waals surface area contributed by atoms with E-state index in [2.05, 4.69) is 51.1 Å². The Morgan fingerprint density at radius 1 is 1.42 bits per heavy atom. The van der Waals surface area contributed by atoms with Gasteiger partial charge >= 0.3 is 0 Å². The fraction of sp³-hybridized carbons (Fsp3) is 0.333.